The fourth-order valence-corrected chi connectivity index (χ4v) is 8.21. The molecule has 4 aliphatic heterocycles. The number of hydrogen-bond donors (Lipinski definition) is 0. The zero-order chi connectivity index (χ0) is 27.7. The van der Waals surface area contributed by atoms with Crippen LogP contribution < -0.4 is 0 Å². The number of likely N-dealkylation sites (tertiary alicyclic amines) is 1. The first-order valence-corrected chi connectivity index (χ1v) is 15.3. The SMILES string of the molecule is CN(C)C1CCN(C(=O)OC(C(=O)OC2CC3CCC(C2)[N+]32CCCC2)(c2ccccc2)c2ccccc2)CC1. The van der Waals surface area contributed by atoms with Crippen molar-refractivity contribution < 1.29 is 23.5 Å². The Morgan fingerprint density at radius 1 is 0.825 bits per heavy atom. The van der Waals surface area contributed by atoms with Crippen molar-refractivity contribution in [2.45, 2.75) is 81.2 Å². The Morgan fingerprint density at radius 2 is 1.35 bits per heavy atom. The van der Waals surface area contributed by atoms with Crippen molar-refractivity contribution in [1.82, 2.24) is 9.80 Å². The van der Waals surface area contributed by atoms with Crippen LogP contribution in [0.2, 0.25) is 0 Å². The number of amides is 1. The third-order valence-corrected chi connectivity index (χ3v) is 10.4. The van der Waals surface area contributed by atoms with E-state index in [-0.39, 0.29) is 6.10 Å². The number of ether oxygens (including phenoxy) is 2. The van der Waals surface area contributed by atoms with Crippen molar-refractivity contribution in [1.29, 1.82) is 0 Å². The molecule has 4 aliphatic rings. The molecule has 1 amide bonds. The highest BCUT2D eigenvalue weighted by Gasteiger charge is 2.57. The molecule has 40 heavy (non-hydrogen) atoms. The molecular weight excluding hydrogens is 502 g/mol. The molecule has 4 fully saturated rings. The molecule has 7 nitrogen and oxygen atoms in total. The van der Waals surface area contributed by atoms with Gasteiger partial charge in [0.1, 0.15) is 6.10 Å². The predicted octanol–water partition coefficient (Wildman–Crippen LogP) is 4.94. The van der Waals surface area contributed by atoms with Crippen LogP contribution in [0.4, 0.5) is 4.79 Å². The summed E-state index contributed by atoms with van der Waals surface area (Å²) in [6, 6.07) is 20.4. The number of rotatable bonds is 6. The van der Waals surface area contributed by atoms with E-state index < -0.39 is 17.7 Å². The van der Waals surface area contributed by atoms with Crippen molar-refractivity contribution in [2.24, 2.45) is 0 Å². The second kappa shape index (κ2) is 11.2. The molecule has 4 heterocycles. The maximum absolute atomic E-state index is 14.5. The van der Waals surface area contributed by atoms with Crippen molar-refractivity contribution in [3.8, 4) is 0 Å². The van der Waals surface area contributed by atoms with E-state index in [1.165, 1.54) is 43.3 Å². The van der Waals surface area contributed by atoms with Crippen LogP contribution in [0.5, 0.6) is 0 Å². The number of carbonyl (C=O) groups excluding carboxylic acids is 2. The van der Waals surface area contributed by atoms with Gasteiger partial charge in [-0.25, -0.2) is 9.59 Å². The van der Waals surface area contributed by atoms with Crippen LogP contribution in [0.3, 0.4) is 0 Å². The zero-order valence-corrected chi connectivity index (χ0v) is 24.0. The van der Waals surface area contributed by atoms with E-state index >= 15 is 0 Å². The Morgan fingerprint density at radius 3 is 1.85 bits per heavy atom. The molecule has 0 aromatic heterocycles. The average Bonchev–Trinajstić information content (AvgIpc) is 3.53. The first-order valence-electron chi connectivity index (χ1n) is 15.3. The molecule has 2 aromatic carbocycles. The van der Waals surface area contributed by atoms with Crippen LogP contribution in [0, 0.1) is 0 Å². The molecule has 2 aromatic rings. The first-order chi connectivity index (χ1) is 19.4. The molecule has 214 valence electrons. The molecule has 0 aliphatic carbocycles. The summed E-state index contributed by atoms with van der Waals surface area (Å²) in [5.41, 5.74) is -0.442. The maximum Gasteiger partial charge on any atom is 0.411 e. The summed E-state index contributed by atoms with van der Waals surface area (Å²) < 4.78 is 14.1. The van der Waals surface area contributed by atoms with E-state index in [1.807, 2.05) is 60.7 Å². The molecular formula is C33H44N3O4+. The predicted molar refractivity (Wildman–Crippen MR) is 154 cm³/mol. The van der Waals surface area contributed by atoms with Crippen LogP contribution in [-0.4, -0.2) is 90.8 Å². The van der Waals surface area contributed by atoms with Gasteiger partial charge < -0.3 is 23.8 Å². The summed E-state index contributed by atoms with van der Waals surface area (Å²) in [5, 5.41) is 0. The summed E-state index contributed by atoms with van der Waals surface area (Å²) >= 11 is 0. The molecule has 1 spiro atoms. The van der Waals surface area contributed by atoms with Gasteiger partial charge in [-0.2, -0.15) is 0 Å². The summed E-state index contributed by atoms with van der Waals surface area (Å²) in [5.74, 6) is -0.485. The average molecular weight is 547 g/mol. The van der Waals surface area contributed by atoms with E-state index in [2.05, 4.69) is 19.0 Å². The third-order valence-electron chi connectivity index (χ3n) is 10.4. The summed E-state index contributed by atoms with van der Waals surface area (Å²) in [6.45, 7) is 3.75. The maximum atomic E-state index is 14.5. The van der Waals surface area contributed by atoms with Crippen molar-refractivity contribution >= 4 is 12.1 Å². The normalized spacial score (nSPS) is 26.3. The van der Waals surface area contributed by atoms with Gasteiger partial charge in [0.15, 0.2) is 0 Å². The number of hydrogen-bond acceptors (Lipinski definition) is 5. The Labute approximate surface area is 238 Å². The van der Waals surface area contributed by atoms with E-state index in [4.69, 9.17) is 9.47 Å². The quantitative estimate of drug-likeness (QED) is 0.380. The lowest BCUT2D eigenvalue weighted by Crippen LogP contribution is -2.60. The minimum atomic E-state index is -1.67. The van der Waals surface area contributed by atoms with Gasteiger partial charge in [0, 0.05) is 68.8 Å². The lowest BCUT2D eigenvalue weighted by Gasteiger charge is -2.47. The lowest BCUT2D eigenvalue weighted by atomic mass is 9.85. The van der Waals surface area contributed by atoms with Crippen LogP contribution >= 0.6 is 0 Å². The molecule has 2 unspecified atom stereocenters. The zero-order valence-electron chi connectivity index (χ0n) is 24.0. The fourth-order valence-electron chi connectivity index (χ4n) is 8.21. The smallest absolute Gasteiger partial charge is 0.411 e. The minimum absolute atomic E-state index is 0.157. The van der Waals surface area contributed by atoms with Gasteiger partial charge in [-0.1, -0.05) is 60.7 Å². The fraction of sp³-hybridized carbons (Fsp3) is 0.576. The van der Waals surface area contributed by atoms with Crippen molar-refractivity contribution in [3.05, 3.63) is 71.8 Å². The third kappa shape index (κ3) is 4.81. The van der Waals surface area contributed by atoms with Gasteiger partial charge >= 0.3 is 12.1 Å². The standard InChI is InChI=1S/C33H44N3O4/c1-34(2)27-17-19-35(20-18-27)32(38)40-33(25-11-5-3-6-12-25,26-13-7-4-8-14-26)31(37)39-30-23-28-15-16-29(24-30)36(28)21-9-10-22-36/h3-8,11-14,27-30H,9-10,15-24H2,1-2H3/q+1. The van der Waals surface area contributed by atoms with E-state index in [1.54, 1.807) is 4.90 Å². The Hall–Kier alpha value is -2.90. The largest absolute Gasteiger partial charge is 0.458 e. The van der Waals surface area contributed by atoms with Crippen LogP contribution in [0.15, 0.2) is 60.7 Å². The van der Waals surface area contributed by atoms with E-state index in [9.17, 15) is 9.59 Å². The van der Waals surface area contributed by atoms with Crippen LogP contribution in [-0.2, 0) is 19.9 Å². The molecule has 4 saturated heterocycles. The second-order valence-corrected chi connectivity index (χ2v) is 12.6. The first kappa shape index (κ1) is 27.3. The summed E-state index contributed by atoms with van der Waals surface area (Å²) in [6.07, 6.45) is 7.99. The van der Waals surface area contributed by atoms with Crippen LogP contribution in [0.25, 0.3) is 0 Å². The van der Waals surface area contributed by atoms with Gasteiger partial charge in [0.25, 0.3) is 5.60 Å². The molecule has 2 atom stereocenters. The van der Waals surface area contributed by atoms with Gasteiger partial charge in [-0.15, -0.1) is 0 Å². The highest BCUT2D eigenvalue weighted by Crippen LogP contribution is 2.47. The number of esters is 1. The summed E-state index contributed by atoms with van der Waals surface area (Å²) in [4.78, 5) is 32.3. The monoisotopic (exact) mass is 546 g/mol. The molecule has 7 heteroatoms. The lowest BCUT2D eigenvalue weighted by molar-refractivity contribution is -0.956. The number of quaternary nitrogens is 1. The van der Waals surface area contributed by atoms with Crippen LogP contribution in [0.1, 0.15) is 62.5 Å². The number of benzene rings is 2. The minimum Gasteiger partial charge on any atom is -0.458 e. The highest BCUT2D eigenvalue weighted by atomic mass is 16.6. The van der Waals surface area contributed by atoms with Gasteiger partial charge in [-0.3, -0.25) is 0 Å². The molecule has 0 radical (unpaired) electrons. The van der Waals surface area contributed by atoms with Gasteiger partial charge in [0.05, 0.1) is 25.2 Å². The molecule has 0 N–H and O–H groups in total. The molecule has 0 saturated carbocycles. The summed E-state index contributed by atoms with van der Waals surface area (Å²) in [7, 11) is 4.16. The van der Waals surface area contributed by atoms with Crippen molar-refractivity contribution in [2.75, 3.05) is 40.3 Å². The van der Waals surface area contributed by atoms with E-state index in [0.29, 0.717) is 42.3 Å². The molecule has 6 rings (SSSR count). The number of nitrogens with zero attached hydrogens (tertiary/aromatic N) is 3. The van der Waals surface area contributed by atoms with Gasteiger partial charge in [0.2, 0.25) is 0 Å². The van der Waals surface area contributed by atoms with Crippen molar-refractivity contribution in [3.63, 3.8) is 0 Å². The second-order valence-electron chi connectivity index (χ2n) is 12.6. The Balaban J connectivity index is 1.30. The van der Waals surface area contributed by atoms with E-state index in [0.717, 1.165) is 25.7 Å². The molecule has 2 bridgehead atoms. The highest BCUT2D eigenvalue weighted by molar-refractivity contribution is 5.89. The Kier molecular flexibility index (Phi) is 7.62. The number of piperidine rings is 2. The topological polar surface area (TPSA) is 59.1 Å². The van der Waals surface area contributed by atoms with Gasteiger partial charge in [-0.05, 0) is 26.9 Å². The Bertz CT molecular complexity index is 1120. The number of carbonyl (C=O) groups is 2.